The van der Waals surface area contributed by atoms with Gasteiger partial charge in [0.15, 0.2) is 0 Å². The third-order valence-corrected chi connectivity index (χ3v) is 3.58. The summed E-state index contributed by atoms with van der Waals surface area (Å²) in [5, 5.41) is 0.395. The number of rotatable bonds is 2. The second kappa shape index (κ2) is 5.21. The topological polar surface area (TPSA) is 33.2 Å². The molecule has 1 aromatic carbocycles. The monoisotopic (exact) mass is 290 g/mol. The molecule has 102 valence electrons. The Bertz CT molecular complexity index is 675. The number of hydrogen-bond donors (Lipinski definition) is 0. The first-order chi connectivity index (χ1) is 9.63. The van der Waals surface area contributed by atoms with E-state index < -0.39 is 0 Å². The van der Waals surface area contributed by atoms with E-state index in [-0.39, 0.29) is 11.7 Å². The normalized spacial score (nSPS) is 14.3. The second-order valence-corrected chi connectivity index (χ2v) is 5.13. The number of carbonyl (C=O) groups is 1. The zero-order chi connectivity index (χ0) is 14.1. The SMILES string of the molecule is O=C1CCc2cc(F)ccc2N1Cc1ccnc(Cl)c1. The van der Waals surface area contributed by atoms with Crippen LogP contribution in [0.15, 0.2) is 36.5 Å². The van der Waals surface area contributed by atoms with Gasteiger partial charge in [0.05, 0.1) is 6.54 Å². The Hall–Kier alpha value is -1.94. The molecule has 0 bridgehead atoms. The highest BCUT2D eigenvalue weighted by molar-refractivity contribution is 6.29. The molecule has 0 aliphatic carbocycles. The molecule has 0 unspecified atom stereocenters. The molecular weight excluding hydrogens is 279 g/mol. The van der Waals surface area contributed by atoms with Crippen LogP contribution >= 0.6 is 11.6 Å². The summed E-state index contributed by atoms with van der Waals surface area (Å²) in [4.78, 5) is 17.7. The summed E-state index contributed by atoms with van der Waals surface area (Å²) in [6, 6.07) is 8.08. The van der Waals surface area contributed by atoms with Crippen LogP contribution in [0, 0.1) is 5.82 Å². The highest BCUT2D eigenvalue weighted by Gasteiger charge is 2.24. The summed E-state index contributed by atoms with van der Waals surface area (Å²) >= 11 is 5.86. The van der Waals surface area contributed by atoms with Gasteiger partial charge in [-0.05, 0) is 47.9 Å². The molecule has 0 saturated heterocycles. The predicted molar refractivity (Wildman–Crippen MR) is 75.2 cm³/mol. The van der Waals surface area contributed by atoms with Gasteiger partial charge in [0.1, 0.15) is 11.0 Å². The van der Waals surface area contributed by atoms with Crippen molar-refractivity contribution >= 4 is 23.2 Å². The molecule has 5 heteroatoms. The van der Waals surface area contributed by atoms with E-state index in [2.05, 4.69) is 4.98 Å². The van der Waals surface area contributed by atoms with Crippen LogP contribution in [0.5, 0.6) is 0 Å². The first-order valence-electron chi connectivity index (χ1n) is 6.33. The standard InChI is InChI=1S/C15H12ClFN2O/c16-14-7-10(5-6-18-14)9-19-13-3-2-12(17)8-11(13)1-4-15(19)20/h2-3,5-8H,1,4,9H2. The molecule has 3 nitrogen and oxygen atoms in total. The van der Waals surface area contributed by atoms with Crippen LogP contribution in [0.4, 0.5) is 10.1 Å². The number of pyridine rings is 1. The Morgan fingerprint density at radius 2 is 2.10 bits per heavy atom. The minimum absolute atomic E-state index is 0.0389. The Balaban J connectivity index is 1.95. The first-order valence-corrected chi connectivity index (χ1v) is 6.70. The van der Waals surface area contributed by atoms with Crippen LogP contribution in [-0.4, -0.2) is 10.9 Å². The van der Waals surface area contributed by atoms with Crippen molar-refractivity contribution < 1.29 is 9.18 Å². The number of nitrogens with zero attached hydrogens (tertiary/aromatic N) is 2. The molecule has 0 radical (unpaired) electrons. The van der Waals surface area contributed by atoms with E-state index in [1.165, 1.54) is 12.1 Å². The Morgan fingerprint density at radius 1 is 1.25 bits per heavy atom. The molecule has 0 atom stereocenters. The number of halogens is 2. The molecule has 3 rings (SSSR count). The Labute approximate surface area is 121 Å². The van der Waals surface area contributed by atoms with E-state index in [1.54, 1.807) is 23.2 Å². The smallest absolute Gasteiger partial charge is 0.227 e. The fourth-order valence-corrected chi connectivity index (χ4v) is 2.62. The van der Waals surface area contributed by atoms with Gasteiger partial charge < -0.3 is 4.90 Å². The second-order valence-electron chi connectivity index (χ2n) is 4.74. The average molecular weight is 291 g/mol. The molecule has 0 spiro atoms. The van der Waals surface area contributed by atoms with Gasteiger partial charge in [0.25, 0.3) is 0 Å². The molecular formula is C15H12ClFN2O. The van der Waals surface area contributed by atoms with Crippen molar-refractivity contribution in [2.24, 2.45) is 0 Å². The van der Waals surface area contributed by atoms with Crippen LogP contribution in [-0.2, 0) is 17.8 Å². The number of hydrogen-bond acceptors (Lipinski definition) is 2. The third-order valence-electron chi connectivity index (χ3n) is 3.37. The van der Waals surface area contributed by atoms with Crippen molar-refractivity contribution in [1.82, 2.24) is 4.98 Å². The zero-order valence-corrected chi connectivity index (χ0v) is 11.4. The molecule has 1 aliphatic rings. The largest absolute Gasteiger partial charge is 0.308 e. The fraction of sp³-hybridized carbons (Fsp3) is 0.200. The van der Waals surface area contributed by atoms with Gasteiger partial charge in [-0.2, -0.15) is 0 Å². The summed E-state index contributed by atoms with van der Waals surface area (Å²) in [7, 11) is 0. The molecule has 2 aromatic rings. The number of anilines is 1. The van der Waals surface area contributed by atoms with Crippen LogP contribution in [0.3, 0.4) is 0 Å². The maximum absolute atomic E-state index is 13.3. The van der Waals surface area contributed by atoms with E-state index >= 15 is 0 Å². The summed E-state index contributed by atoms with van der Waals surface area (Å²) in [6.07, 6.45) is 2.59. The minimum Gasteiger partial charge on any atom is -0.308 e. The first kappa shape index (κ1) is 13.1. The van der Waals surface area contributed by atoms with Gasteiger partial charge >= 0.3 is 0 Å². The van der Waals surface area contributed by atoms with E-state index in [0.29, 0.717) is 24.5 Å². The van der Waals surface area contributed by atoms with Crippen molar-refractivity contribution in [1.29, 1.82) is 0 Å². The molecule has 1 amide bonds. The lowest BCUT2D eigenvalue weighted by molar-refractivity contribution is -0.119. The number of benzene rings is 1. The van der Waals surface area contributed by atoms with E-state index in [9.17, 15) is 9.18 Å². The van der Waals surface area contributed by atoms with Crippen molar-refractivity contribution in [3.05, 3.63) is 58.6 Å². The van der Waals surface area contributed by atoms with Crippen LogP contribution in [0.2, 0.25) is 5.15 Å². The molecule has 0 N–H and O–H groups in total. The number of carbonyl (C=O) groups excluding carboxylic acids is 1. The number of aryl methyl sites for hydroxylation is 1. The lowest BCUT2D eigenvalue weighted by atomic mass is 10.0. The van der Waals surface area contributed by atoms with Crippen molar-refractivity contribution in [3.63, 3.8) is 0 Å². The maximum Gasteiger partial charge on any atom is 0.227 e. The molecule has 1 aromatic heterocycles. The Kier molecular flexibility index (Phi) is 3.40. The van der Waals surface area contributed by atoms with E-state index in [0.717, 1.165) is 16.8 Å². The van der Waals surface area contributed by atoms with Crippen LogP contribution in [0.25, 0.3) is 0 Å². The number of aromatic nitrogens is 1. The van der Waals surface area contributed by atoms with Gasteiger partial charge in [-0.25, -0.2) is 9.37 Å². The quantitative estimate of drug-likeness (QED) is 0.795. The molecule has 0 fully saturated rings. The van der Waals surface area contributed by atoms with Gasteiger partial charge in [0.2, 0.25) is 5.91 Å². The van der Waals surface area contributed by atoms with Crippen LogP contribution in [0.1, 0.15) is 17.5 Å². The highest BCUT2D eigenvalue weighted by Crippen LogP contribution is 2.30. The van der Waals surface area contributed by atoms with Crippen molar-refractivity contribution in [3.8, 4) is 0 Å². The van der Waals surface area contributed by atoms with E-state index in [4.69, 9.17) is 11.6 Å². The predicted octanol–water partition coefficient (Wildman–Crippen LogP) is 3.35. The number of amides is 1. The molecule has 20 heavy (non-hydrogen) atoms. The molecule has 2 heterocycles. The summed E-state index contributed by atoms with van der Waals surface area (Å²) in [5.74, 6) is -0.234. The summed E-state index contributed by atoms with van der Waals surface area (Å²) in [5.41, 5.74) is 2.54. The fourth-order valence-electron chi connectivity index (χ4n) is 2.43. The average Bonchev–Trinajstić information content (AvgIpc) is 2.42. The van der Waals surface area contributed by atoms with Gasteiger partial charge in [0, 0.05) is 18.3 Å². The lowest BCUT2D eigenvalue weighted by Crippen LogP contribution is -2.34. The molecule has 1 aliphatic heterocycles. The maximum atomic E-state index is 13.3. The number of fused-ring (bicyclic) bond motifs is 1. The Morgan fingerprint density at radius 3 is 2.90 bits per heavy atom. The summed E-state index contributed by atoms with van der Waals surface area (Å²) in [6.45, 7) is 0.416. The van der Waals surface area contributed by atoms with Crippen LogP contribution < -0.4 is 4.90 Å². The lowest BCUT2D eigenvalue weighted by Gasteiger charge is -2.29. The van der Waals surface area contributed by atoms with Gasteiger partial charge in [-0.15, -0.1) is 0 Å². The highest BCUT2D eigenvalue weighted by atomic mass is 35.5. The van der Waals surface area contributed by atoms with E-state index in [1.807, 2.05) is 6.07 Å². The minimum atomic E-state index is -0.273. The molecule has 0 saturated carbocycles. The zero-order valence-electron chi connectivity index (χ0n) is 10.6. The van der Waals surface area contributed by atoms with Crippen molar-refractivity contribution in [2.45, 2.75) is 19.4 Å². The van der Waals surface area contributed by atoms with Crippen molar-refractivity contribution in [2.75, 3.05) is 4.90 Å². The third kappa shape index (κ3) is 2.51. The van der Waals surface area contributed by atoms with Gasteiger partial charge in [-0.1, -0.05) is 11.6 Å². The van der Waals surface area contributed by atoms with Gasteiger partial charge in [-0.3, -0.25) is 4.79 Å². The summed E-state index contributed by atoms with van der Waals surface area (Å²) < 4.78 is 13.3.